The van der Waals surface area contributed by atoms with Gasteiger partial charge in [-0.1, -0.05) is 24.6 Å². The maximum Gasteiger partial charge on any atom is 0.237 e. The number of nitrogens with zero attached hydrogens (tertiary/aromatic N) is 1. The van der Waals surface area contributed by atoms with Crippen LogP contribution in [0.15, 0.2) is 24.3 Å². The molecule has 2 aliphatic rings. The third-order valence-corrected chi connectivity index (χ3v) is 4.48. The molecule has 1 aromatic carbocycles. The van der Waals surface area contributed by atoms with Crippen LogP contribution in [0.5, 0.6) is 0 Å². The van der Waals surface area contributed by atoms with Crippen LogP contribution in [0.1, 0.15) is 31.7 Å². The molecule has 1 saturated heterocycles. The molecular weight excluding hydrogens is 238 g/mol. The van der Waals surface area contributed by atoms with Gasteiger partial charge >= 0.3 is 0 Å². The van der Waals surface area contributed by atoms with Crippen molar-refractivity contribution in [3.8, 4) is 0 Å². The summed E-state index contributed by atoms with van der Waals surface area (Å²) in [5, 5.41) is 0. The first-order valence-corrected chi connectivity index (χ1v) is 7.02. The molecule has 0 radical (unpaired) electrons. The monoisotopic (exact) mass is 257 g/mol. The number of aryl methyl sites for hydroxylation is 1. The van der Waals surface area contributed by atoms with Crippen LogP contribution in [0, 0.1) is 24.7 Å². The van der Waals surface area contributed by atoms with Gasteiger partial charge < -0.3 is 0 Å². The van der Waals surface area contributed by atoms with Crippen molar-refractivity contribution >= 4 is 17.5 Å². The van der Waals surface area contributed by atoms with Crippen LogP contribution < -0.4 is 4.90 Å². The van der Waals surface area contributed by atoms with Crippen molar-refractivity contribution in [2.24, 2.45) is 17.8 Å². The molecule has 3 heteroatoms. The highest BCUT2D eigenvalue weighted by atomic mass is 16.2. The summed E-state index contributed by atoms with van der Waals surface area (Å²) in [4.78, 5) is 26.3. The van der Waals surface area contributed by atoms with E-state index < -0.39 is 0 Å². The number of fused-ring (bicyclic) bond motifs is 1. The van der Waals surface area contributed by atoms with Crippen LogP contribution >= 0.6 is 0 Å². The second-order valence-electron chi connectivity index (χ2n) is 5.98. The summed E-state index contributed by atoms with van der Waals surface area (Å²) in [6.07, 6.45) is 2.78. The number of anilines is 1. The summed E-state index contributed by atoms with van der Waals surface area (Å²) < 4.78 is 0. The average Bonchev–Trinajstić information content (AvgIpc) is 2.63. The van der Waals surface area contributed by atoms with Crippen molar-refractivity contribution in [2.45, 2.75) is 33.1 Å². The van der Waals surface area contributed by atoms with Gasteiger partial charge in [0.15, 0.2) is 0 Å². The highest BCUT2D eigenvalue weighted by Crippen LogP contribution is 2.42. The lowest BCUT2D eigenvalue weighted by Crippen LogP contribution is -2.30. The molecule has 3 rings (SSSR count). The van der Waals surface area contributed by atoms with E-state index in [-0.39, 0.29) is 23.7 Å². The standard InChI is InChI=1S/C16H19NO2/c1-10-3-6-12(7-4-10)17-15(18)13-8-5-11(2)9-14(13)16(17)19/h3-4,6-7,11,13-14H,5,8-9H2,1-2H3/t11-,13+,14+/m0/s1. The van der Waals surface area contributed by atoms with E-state index in [0.29, 0.717) is 5.92 Å². The van der Waals surface area contributed by atoms with E-state index in [1.165, 1.54) is 4.90 Å². The van der Waals surface area contributed by atoms with Crippen LogP contribution in [0.3, 0.4) is 0 Å². The van der Waals surface area contributed by atoms with Crippen LogP contribution in [0.4, 0.5) is 5.69 Å². The molecule has 0 unspecified atom stereocenters. The number of rotatable bonds is 1. The Morgan fingerprint density at radius 1 is 1.00 bits per heavy atom. The number of imide groups is 1. The van der Waals surface area contributed by atoms with Crippen LogP contribution in [0.2, 0.25) is 0 Å². The third kappa shape index (κ3) is 1.97. The van der Waals surface area contributed by atoms with Gasteiger partial charge in [0.25, 0.3) is 0 Å². The lowest BCUT2D eigenvalue weighted by Gasteiger charge is -2.25. The van der Waals surface area contributed by atoms with Gasteiger partial charge in [0.05, 0.1) is 17.5 Å². The van der Waals surface area contributed by atoms with Gasteiger partial charge in [-0.05, 0) is 44.2 Å². The Labute approximate surface area is 113 Å². The molecule has 1 aliphatic heterocycles. The van der Waals surface area contributed by atoms with Gasteiger partial charge in [0.1, 0.15) is 0 Å². The molecule has 19 heavy (non-hydrogen) atoms. The quantitative estimate of drug-likeness (QED) is 0.725. The molecule has 1 heterocycles. The minimum absolute atomic E-state index is 0.00500. The summed E-state index contributed by atoms with van der Waals surface area (Å²) in [5.41, 5.74) is 1.86. The van der Waals surface area contributed by atoms with Gasteiger partial charge in [0, 0.05) is 0 Å². The summed E-state index contributed by atoms with van der Waals surface area (Å²) in [5.74, 6) is 0.398. The maximum absolute atomic E-state index is 12.5. The molecule has 2 fully saturated rings. The topological polar surface area (TPSA) is 37.4 Å². The Morgan fingerprint density at radius 3 is 2.32 bits per heavy atom. The molecular formula is C16H19NO2. The van der Waals surface area contributed by atoms with Crippen LogP contribution in [-0.4, -0.2) is 11.8 Å². The number of carbonyl (C=O) groups excluding carboxylic acids is 2. The lowest BCUT2D eigenvalue weighted by molar-refractivity contribution is -0.122. The van der Waals surface area contributed by atoms with Crippen LogP contribution in [-0.2, 0) is 9.59 Å². The number of benzene rings is 1. The summed E-state index contributed by atoms with van der Waals surface area (Å²) in [6, 6.07) is 7.62. The SMILES string of the molecule is Cc1ccc(N2C(=O)[C@@H]3CC[C@H](C)C[C@H]3C2=O)cc1. The summed E-state index contributed by atoms with van der Waals surface area (Å²) >= 11 is 0. The average molecular weight is 257 g/mol. The number of carbonyl (C=O) groups is 2. The highest BCUT2D eigenvalue weighted by molar-refractivity contribution is 6.22. The van der Waals surface area contributed by atoms with Crippen molar-refractivity contribution in [2.75, 3.05) is 4.90 Å². The molecule has 0 bridgehead atoms. The van der Waals surface area contributed by atoms with Gasteiger partial charge in [0.2, 0.25) is 11.8 Å². The third-order valence-electron chi connectivity index (χ3n) is 4.48. The Bertz CT molecular complexity index is 520. The minimum atomic E-state index is -0.0856. The minimum Gasteiger partial charge on any atom is -0.274 e. The smallest absolute Gasteiger partial charge is 0.237 e. The lowest BCUT2D eigenvalue weighted by atomic mass is 9.76. The molecule has 0 spiro atoms. The first-order valence-electron chi connectivity index (χ1n) is 7.02. The fraction of sp³-hybridized carbons (Fsp3) is 0.500. The van der Waals surface area contributed by atoms with E-state index in [0.717, 1.165) is 30.5 Å². The molecule has 100 valence electrons. The summed E-state index contributed by atoms with van der Waals surface area (Å²) in [6.45, 7) is 4.17. The number of hydrogen-bond acceptors (Lipinski definition) is 2. The van der Waals surface area contributed by atoms with Gasteiger partial charge in [-0.15, -0.1) is 0 Å². The van der Waals surface area contributed by atoms with Crippen molar-refractivity contribution in [1.82, 2.24) is 0 Å². The van der Waals surface area contributed by atoms with E-state index in [1.807, 2.05) is 31.2 Å². The van der Waals surface area contributed by atoms with E-state index in [9.17, 15) is 9.59 Å². The zero-order valence-electron chi connectivity index (χ0n) is 11.4. The van der Waals surface area contributed by atoms with Gasteiger partial charge in [-0.2, -0.15) is 0 Å². The Kier molecular flexibility index (Phi) is 2.92. The zero-order chi connectivity index (χ0) is 13.6. The van der Waals surface area contributed by atoms with E-state index in [4.69, 9.17) is 0 Å². The predicted octanol–water partition coefficient (Wildman–Crippen LogP) is 2.92. The molecule has 0 aromatic heterocycles. The second-order valence-corrected chi connectivity index (χ2v) is 5.98. The normalized spacial score (nSPS) is 30.6. The Balaban J connectivity index is 1.93. The van der Waals surface area contributed by atoms with Crippen molar-refractivity contribution in [1.29, 1.82) is 0 Å². The van der Waals surface area contributed by atoms with Crippen molar-refractivity contribution < 1.29 is 9.59 Å². The fourth-order valence-electron chi connectivity index (χ4n) is 3.34. The summed E-state index contributed by atoms with van der Waals surface area (Å²) in [7, 11) is 0. The Morgan fingerprint density at radius 2 is 1.63 bits per heavy atom. The van der Waals surface area contributed by atoms with Crippen LogP contribution in [0.25, 0.3) is 0 Å². The van der Waals surface area contributed by atoms with Gasteiger partial charge in [-0.25, -0.2) is 0 Å². The largest absolute Gasteiger partial charge is 0.274 e. The first kappa shape index (κ1) is 12.4. The first-order chi connectivity index (χ1) is 9.08. The molecule has 0 N–H and O–H groups in total. The predicted molar refractivity (Wildman–Crippen MR) is 73.7 cm³/mol. The highest BCUT2D eigenvalue weighted by Gasteiger charge is 2.49. The van der Waals surface area contributed by atoms with Gasteiger partial charge in [-0.3, -0.25) is 14.5 Å². The number of hydrogen-bond donors (Lipinski definition) is 0. The Hall–Kier alpha value is -1.64. The maximum atomic E-state index is 12.5. The zero-order valence-corrected chi connectivity index (χ0v) is 11.4. The fourth-order valence-corrected chi connectivity index (χ4v) is 3.34. The molecule has 1 aliphatic carbocycles. The molecule has 1 saturated carbocycles. The second kappa shape index (κ2) is 4.48. The molecule has 3 nitrogen and oxygen atoms in total. The van der Waals surface area contributed by atoms with E-state index in [2.05, 4.69) is 6.92 Å². The molecule has 1 aromatic rings. The molecule has 2 amide bonds. The van der Waals surface area contributed by atoms with Crippen molar-refractivity contribution in [3.05, 3.63) is 29.8 Å². The molecule has 3 atom stereocenters. The van der Waals surface area contributed by atoms with E-state index >= 15 is 0 Å². The van der Waals surface area contributed by atoms with Crippen molar-refractivity contribution in [3.63, 3.8) is 0 Å². The van der Waals surface area contributed by atoms with E-state index in [1.54, 1.807) is 0 Å². The number of amides is 2.